The van der Waals surface area contributed by atoms with Gasteiger partial charge in [0, 0.05) is 48.3 Å². The first-order valence-electron chi connectivity index (χ1n) is 11.5. The van der Waals surface area contributed by atoms with E-state index in [0.717, 1.165) is 65.3 Å². The van der Waals surface area contributed by atoms with Crippen LogP contribution < -0.4 is 9.64 Å². The maximum atomic E-state index is 14.1. The summed E-state index contributed by atoms with van der Waals surface area (Å²) in [6.45, 7) is 5.26. The van der Waals surface area contributed by atoms with E-state index in [1.807, 2.05) is 67.6 Å². The Hall–Kier alpha value is -3.57. The van der Waals surface area contributed by atoms with Crippen LogP contribution in [0.3, 0.4) is 0 Å². The zero-order valence-electron chi connectivity index (χ0n) is 19.1. The summed E-state index contributed by atoms with van der Waals surface area (Å²) in [5, 5.41) is 0.994. The van der Waals surface area contributed by atoms with Gasteiger partial charge in [0.2, 0.25) is 0 Å². The summed E-state index contributed by atoms with van der Waals surface area (Å²) < 4.78 is 5.57. The molecule has 1 aliphatic heterocycles. The van der Waals surface area contributed by atoms with Crippen molar-refractivity contribution in [3.8, 4) is 5.75 Å². The molecular weight excluding hydrogens is 410 g/mol. The molecule has 2 heterocycles. The van der Waals surface area contributed by atoms with Gasteiger partial charge in [-0.3, -0.25) is 9.69 Å². The number of aromatic nitrogens is 1. The van der Waals surface area contributed by atoms with E-state index in [4.69, 9.17) is 4.74 Å². The maximum absolute atomic E-state index is 14.1. The normalized spacial score (nSPS) is 15.5. The summed E-state index contributed by atoms with van der Waals surface area (Å²) in [6.07, 6.45) is 0. The lowest BCUT2D eigenvalue weighted by atomic mass is 9.93. The van der Waals surface area contributed by atoms with Crippen LogP contribution in [0.1, 0.15) is 27.7 Å². The molecule has 1 fully saturated rings. The van der Waals surface area contributed by atoms with Crippen molar-refractivity contribution in [3.05, 3.63) is 95.7 Å². The summed E-state index contributed by atoms with van der Waals surface area (Å²) in [7, 11) is 1.71. The summed E-state index contributed by atoms with van der Waals surface area (Å²) in [5.74, 6) is 1.04. The Morgan fingerprint density at radius 1 is 0.879 bits per heavy atom. The fraction of sp³-hybridized carbons (Fsp3) is 0.250. The van der Waals surface area contributed by atoms with E-state index in [-0.39, 0.29) is 11.8 Å². The van der Waals surface area contributed by atoms with E-state index in [9.17, 15) is 4.79 Å². The van der Waals surface area contributed by atoms with Crippen molar-refractivity contribution in [1.82, 2.24) is 9.88 Å². The number of H-pyrrole nitrogens is 1. The molecule has 0 amide bonds. The molecule has 1 N–H and O–H groups in total. The molecule has 0 spiro atoms. The Morgan fingerprint density at radius 3 is 2.30 bits per heavy atom. The third-order valence-electron chi connectivity index (χ3n) is 6.61. The Balaban J connectivity index is 1.46. The zero-order valence-corrected chi connectivity index (χ0v) is 19.1. The number of aryl methyl sites for hydroxylation is 1. The maximum Gasteiger partial charge on any atom is 0.186 e. The molecule has 0 aliphatic carbocycles. The number of benzene rings is 3. The predicted molar refractivity (Wildman–Crippen MR) is 133 cm³/mol. The number of carbonyl (C=O) groups excluding carboxylic acids is 1. The molecular formula is C28H29N3O2. The zero-order chi connectivity index (χ0) is 22.8. The van der Waals surface area contributed by atoms with Crippen molar-refractivity contribution in [2.45, 2.75) is 13.0 Å². The van der Waals surface area contributed by atoms with Gasteiger partial charge in [0.05, 0.1) is 18.8 Å². The van der Waals surface area contributed by atoms with Crippen molar-refractivity contribution < 1.29 is 9.53 Å². The van der Waals surface area contributed by atoms with Crippen LogP contribution in [0.25, 0.3) is 10.9 Å². The minimum Gasteiger partial charge on any atom is -0.495 e. The lowest BCUT2D eigenvalue weighted by Gasteiger charge is -2.40. The van der Waals surface area contributed by atoms with Crippen LogP contribution in [0.5, 0.6) is 5.75 Å². The SMILES string of the molecule is COc1ccccc1N1CCN([C@@H](C(=O)c2c(C)[nH]c3ccccc23)c2ccccc2)CC1. The number of methoxy groups -OCH3 is 1. The highest BCUT2D eigenvalue weighted by atomic mass is 16.5. The largest absolute Gasteiger partial charge is 0.495 e. The van der Waals surface area contributed by atoms with Crippen LogP contribution in [-0.2, 0) is 0 Å². The summed E-state index contributed by atoms with van der Waals surface area (Å²) >= 11 is 0. The molecule has 33 heavy (non-hydrogen) atoms. The standard InChI is InChI=1S/C28H29N3O2/c1-20-26(22-12-6-7-13-23(22)29-20)28(32)27(21-10-4-3-5-11-21)31-18-16-30(17-19-31)24-14-8-9-15-25(24)33-2/h3-15,27,29H,16-19H2,1-2H3/t27-/m1/s1. The monoisotopic (exact) mass is 439 g/mol. The van der Waals surface area contributed by atoms with Gasteiger partial charge in [0.15, 0.2) is 5.78 Å². The Bertz CT molecular complexity index is 1260. The predicted octanol–water partition coefficient (Wildman–Crippen LogP) is 5.23. The van der Waals surface area contributed by atoms with Crippen LogP contribution in [0.15, 0.2) is 78.9 Å². The second kappa shape index (κ2) is 9.12. The number of ether oxygens (including phenoxy) is 1. The summed E-state index contributed by atoms with van der Waals surface area (Å²) in [6, 6.07) is 26.0. The Morgan fingerprint density at radius 2 is 1.55 bits per heavy atom. The quantitative estimate of drug-likeness (QED) is 0.418. The minimum absolute atomic E-state index is 0.155. The smallest absolute Gasteiger partial charge is 0.186 e. The van der Waals surface area contributed by atoms with Gasteiger partial charge in [-0.15, -0.1) is 0 Å². The van der Waals surface area contributed by atoms with E-state index in [1.165, 1.54) is 0 Å². The number of hydrogen-bond acceptors (Lipinski definition) is 4. The van der Waals surface area contributed by atoms with Crippen LogP contribution in [0.4, 0.5) is 5.69 Å². The Kier molecular flexibility index (Phi) is 5.88. The third-order valence-corrected chi connectivity index (χ3v) is 6.61. The van der Waals surface area contributed by atoms with Crippen molar-refractivity contribution in [2.75, 3.05) is 38.2 Å². The van der Waals surface area contributed by atoms with Crippen LogP contribution in [0, 0.1) is 6.92 Å². The van der Waals surface area contributed by atoms with Gasteiger partial charge in [-0.1, -0.05) is 60.7 Å². The number of nitrogens with one attached hydrogen (secondary N) is 1. The van der Waals surface area contributed by atoms with E-state index in [1.54, 1.807) is 7.11 Å². The van der Waals surface area contributed by atoms with E-state index in [2.05, 4.69) is 33.0 Å². The highest BCUT2D eigenvalue weighted by Crippen LogP contribution is 2.33. The van der Waals surface area contributed by atoms with Gasteiger partial charge in [0.1, 0.15) is 5.75 Å². The number of carbonyl (C=O) groups is 1. The van der Waals surface area contributed by atoms with Gasteiger partial charge in [-0.05, 0) is 30.7 Å². The first-order chi connectivity index (χ1) is 16.2. The molecule has 1 saturated heterocycles. The van der Waals surface area contributed by atoms with E-state index >= 15 is 0 Å². The van der Waals surface area contributed by atoms with Gasteiger partial charge in [0.25, 0.3) is 0 Å². The van der Waals surface area contributed by atoms with E-state index < -0.39 is 0 Å². The second-order valence-electron chi connectivity index (χ2n) is 8.54. The average molecular weight is 440 g/mol. The number of hydrogen-bond donors (Lipinski definition) is 1. The number of piperazine rings is 1. The lowest BCUT2D eigenvalue weighted by molar-refractivity contribution is 0.0807. The molecule has 1 atom stereocenters. The lowest BCUT2D eigenvalue weighted by Crippen LogP contribution is -2.49. The molecule has 0 radical (unpaired) electrons. The molecule has 0 unspecified atom stereocenters. The summed E-state index contributed by atoms with van der Waals surface area (Å²) in [4.78, 5) is 22.2. The number of rotatable bonds is 6. The molecule has 1 aromatic heterocycles. The van der Waals surface area contributed by atoms with Crippen LogP contribution in [-0.4, -0.2) is 49.0 Å². The molecule has 5 rings (SSSR count). The molecule has 1 aliphatic rings. The minimum atomic E-state index is -0.316. The number of Topliss-reactive ketones (excluding diaryl/α,β-unsaturated/α-hetero) is 1. The number of para-hydroxylation sites is 3. The average Bonchev–Trinajstić information content (AvgIpc) is 3.21. The first-order valence-corrected chi connectivity index (χ1v) is 11.5. The molecule has 3 aromatic carbocycles. The van der Waals surface area contributed by atoms with E-state index in [0.29, 0.717) is 0 Å². The van der Waals surface area contributed by atoms with Crippen molar-refractivity contribution in [1.29, 1.82) is 0 Å². The number of aromatic amines is 1. The van der Waals surface area contributed by atoms with Gasteiger partial charge < -0.3 is 14.6 Å². The number of nitrogens with zero attached hydrogens (tertiary/aromatic N) is 2. The van der Waals surface area contributed by atoms with Gasteiger partial charge in [-0.25, -0.2) is 0 Å². The number of anilines is 1. The summed E-state index contributed by atoms with van der Waals surface area (Å²) in [5.41, 5.74) is 4.88. The third kappa shape index (κ3) is 4.00. The highest BCUT2D eigenvalue weighted by Gasteiger charge is 2.33. The highest BCUT2D eigenvalue weighted by molar-refractivity contribution is 6.11. The molecule has 0 saturated carbocycles. The van der Waals surface area contributed by atoms with Crippen molar-refractivity contribution in [2.24, 2.45) is 0 Å². The fourth-order valence-electron chi connectivity index (χ4n) is 5.01. The number of ketones is 1. The fourth-order valence-corrected chi connectivity index (χ4v) is 5.01. The number of fused-ring (bicyclic) bond motifs is 1. The van der Waals surface area contributed by atoms with Crippen molar-refractivity contribution in [3.63, 3.8) is 0 Å². The van der Waals surface area contributed by atoms with Gasteiger partial charge in [-0.2, -0.15) is 0 Å². The molecule has 4 aromatic rings. The topological polar surface area (TPSA) is 48.6 Å². The second-order valence-corrected chi connectivity index (χ2v) is 8.54. The van der Waals surface area contributed by atoms with Crippen molar-refractivity contribution >= 4 is 22.4 Å². The Labute approximate surface area is 194 Å². The van der Waals surface area contributed by atoms with Crippen LogP contribution in [0.2, 0.25) is 0 Å². The molecule has 5 heteroatoms. The van der Waals surface area contributed by atoms with Crippen LogP contribution >= 0.6 is 0 Å². The van der Waals surface area contributed by atoms with Gasteiger partial charge >= 0.3 is 0 Å². The molecule has 5 nitrogen and oxygen atoms in total. The first kappa shape index (κ1) is 21.3. The molecule has 0 bridgehead atoms. The molecule has 168 valence electrons.